The van der Waals surface area contributed by atoms with E-state index in [1.165, 1.54) is 0 Å². The summed E-state index contributed by atoms with van der Waals surface area (Å²) in [4.78, 5) is 23.2. The summed E-state index contributed by atoms with van der Waals surface area (Å²) in [6, 6.07) is 1.60. The number of hydrogen-bond acceptors (Lipinski definition) is 3. The number of rotatable bonds is 5. The fourth-order valence-electron chi connectivity index (χ4n) is 2.75. The van der Waals surface area contributed by atoms with Crippen LogP contribution in [0.1, 0.15) is 44.1 Å². The SMILES string of the molecule is O=C(CCc1ccoc1)N[C@H]1CCCCC[C@H]1C(=O)O. The van der Waals surface area contributed by atoms with Crippen molar-refractivity contribution in [2.45, 2.75) is 51.0 Å². The summed E-state index contributed by atoms with van der Waals surface area (Å²) < 4.78 is 4.95. The molecule has 1 aromatic rings. The number of carboxylic acids is 1. The first-order valence-electron chi connectivity index (χ1n) is 7.20. The summed E-state index contributed by atoms with van der Waals surface area (Å²) in [7, 11) is 0. The van der Waals surface area contributed by atoms with Gasteiger partial charge in [-0.15, -0.1) is 0 Å². The molecule has 5 nitrogen and oxygen atoms in total. The van der Waals surface area contributed by atoms with Crippen LogP contribution in [0.15, 0.2) is 23.0 Å². The molecule has 0 aliphatic heterocycles. The third-order valence-corrected chi connectivity index (χ3v) is 3.90. The Morgan fingerprint density at radius 2 is 2.10 bits per heavy atom. The van der Waals surface area contributed by atoms with E-state index < -0.39 is 11.9 Å². The topological polar surface area (TPSA) is 79.5 Å². The lowest BCUT2D eigenvalue weighted by molar-refractivity contribution is -0.143. The van der Waals surface area contributed by atoms with Gasteiger partial charge in [0.25, 0.3) is 0 Å². The smallest absolute Gasteiger partial charge is 0.308 e. The number of hydrogen-bond donors (Lipinski definition) is 2. The van der Waals surface area contributed by atoms with Gasteiger partial charge in [0.1, 0.15) is 0 Å². The number of amides is 1. The minimum atomic E-state index is -0.799. The second kappa shape index (κ2) is 7.12. The summed E-state index contributed by atoms with van der Waals surface area (Å²) in [5, 5.41) is 12.2. The van der Waals surface area contributed by atoms with Crippen molar-refractivity contribution in [3.05, 3.63) is 24.2 Å². The average Bonchev–Trinajstić information content (AvgIpc) is 2.82. The first-order valence-corrected chi connectivity index (χ1v) is 7.20. The van der Waals surface area contributed by atoms with Crippen LogP contribution >= 0.6 is 0 Å². The van der Waals surface area contributed by atoms with Crippen molar-refractivity contribution in [1.82, 2.24) is 5.32 Å². The van der Waals surface area contributed by atoms with Gasteiger partial charge in [-0.3, -0.25) is 9.59 Å². The fourth-order valence-corrected chi connectivity index (χ4v) is 2.75. The number of carbonyl (C=O) groups is 2. The molecular weight excluding hydrogens is 258 g/mol. The van der Waals surface area contributed by atoms with Gasteiger partial charge in [0.2, 0.25) is 5.91 Å². The summed E-state index contributed by atoms with van der Waals surface area (Å²) in [6.45, 7) is 0. The monoisotopic (exact) mass is 279 g/mol. The van der Waals surface area contributed by atoms with Crippen LogP contribution in [0, 0.1) is 5.92 Å². The van der Waals surface area contributed by atoms with Gasteiger partial charge < -0.3 is 14.8 Å². The molecular formula is C15H21NO4. The number of aryl methyl sites for hydroxylation is 1. The molecule has 0 bridgehead atoms. The number of aliphatic carboxylic acids is 1. The molecule has 0 saturated heterocycles. The first kappa shape index (κ1) is 14.6. The van der Waals surface area contributed by atoms with Crippen molar-refractivity contribution in [3.8, 4) is 0 Å². The Kier molecular flexibility index (Phi) is 5.21. The molecule has 2 N–H and O–H groups in total. The normalized spacial score (nSPS) is 23.0. The molecule has 1 saturated carbocycles. The van der Waals surface area contributed by atoms with Gasteiger partial charge in [0.05, 0.1) is 18.4 Å². The summed E-state index contributed by atoms with van der Waals surface area (Å²) in [6.07, 6.45) is 8.56. The molecule has 20 heavy (non-hydrogen) atoms. The van der Waals surface area contributed by atoms with E-state index in [1.54, 1.807) is 12.5 Å². The van der Waals surface area contributed by atoms with Gasteiger partial charge in [0, 0.05) is 12.5 Å². The highest BCUT2D eigenvalue weighted by Crippen LogP contribution is 2.24. The second-order valence-electron chi connectivity index (χ2n) is 5.39. The van der Waals surface area contributed by atoms with Crippen LogP contribution in [0.25, 0.3) is 0 Å². The minimum absolute atomic E-state index is 0.0793. The molecule has 1 aromatic heterocycles. The maximum absolute atomic E-state index is 12.0. The highest BCUT2D eigenvalue weighted by molar-refractivity contribution is 5.78. The summed E-state index contributed by atoms with van der Waals surface area (Å²) in [5.41, 5.74) is 0.982. The Bertz CT molecular complexity index is 441. The Morgan fingerprint density at radius 1 is 1.30 bits per heavy atom. The molecule has 1 heterocycles. The van der Waals surface area contributed by atoms with E-state index in [-0.39, 0.29) is 11.9 Å². The molecule has 0 spiro atoms. The molecule has 110 valence electrons. The Hall–Kier alpha value is -1.78. The van der Waals surface area contributed by atoms with E-state index in [2.05, 4.69) is 5.32 Å². The number of furan rings is 1. The minimum Gasteiger partial charge on any atom is -0.481 e. The molecule has 2 atom stereocenters. The van der Waals surface area contributed by atoms with Gasteiger partial charge in [-0.1, -0.05) is 19.3 Å². The van der Waals surface area contributed by atoms with Gasteiger partial charge in [-0.2, -0.15) is 0 Å². The first-order chi connectivity index (χ1) is 9.66. The third kappa shape index (κ3) is 4.11. The molecule has 1 fully saturated rings. The Balaban J connectivity index is 1.85. The van der Waals surface area contributed by atoms with Crippen LogP contribution in [-0.2, 0) is 16.0 Å². The molecule has 1 aliphatic rings. The van der Waals surface area contributed by atoms with Crippen molar-refractivity contribution >= 4 is 11.9 Å². The van der Waals surface area contributed by atoms with E-state index in [4.69, 9.17) is 4.42 Å². The molecule has 2 rings (SSSR count). The largest absolute Gasteiger partial charge is 0.481 e. The van der Waals surface area contributed by atoms with Gasteiger partial charge in [-0.25, -0.2) is 0 Å². The lowest BCUT2D eigenvalue weighted by atomic mass is 9.94. The van der Waals surface area contributed by atoms with Crippen LogP contribution < -0.4 is 5.32 Å². The van der Waals surface area contributed by atoms with Crippen molar-refractivity contribution in [2.75, 3.05) is 0 Å². The predicted octanol–water partition coefficient (Wildman–Crippen LogP) is 2.36. The van der Waals surface area contributed by atoms with Gasteiger partial charge in [0.15, 0.2) is 0 Å². The average molecular weight is 279 g/mol. The van der Waals surface area contributed by atoms with E-state index in [0.717, 1.165) is 31.2 Å². The molecule has 5 heteroatoms. The van der Waals surface area contributed by atoms with Crippen molar-refractivity contribution in [2.24, 2.45) is 5.92 Å². The zero-order chi connectivity index (χ0) is 14.4. The van der Waals surface area contributed by atoms with E-state index in [1.807, 2.05) is 6.07 Å². The lowest BCUT2D eigenvalue weighted by Crippen LogP contribution is -2.42. The summed E-state index contributed by atoms with van der Waals surface area (Å²) >= 11 is 0. The van der Waals surface area contributed by atoms with Gasteiger partial charge in [-0.05, 0) is 30.9 Å². The quantitative estimate of drug-likeness (QED) is 0.811. The second-order valence-corrected chi connectivity index (χ2v) is 5.39. The van der Waals surface area contributed by atoms with Gasteiger partial charge >= 0.3 is 5.97 Å². The molecule has 1 aliphatic carbocycles. The van der Waals surface area contributed by atoms with Crippen LogP contribution in [0.3, 0.4) is 0 Å². The number of nitrogens with one attached hydrogen (secondary N) is 1. The van der Waals surface area contributed by atoms with Crippen LogP contribution in [0.4, 0.5) is 0 Å². The molecule has 0 aromatic carbocycles. The summed E-state index contributed by atoms with van der Waals surface area (Å²) in [5.74, 6) is -1.33. The lowest BCUT2D eigenvalue weighted by Gasteiger charge is -2.22. The van der Waals surface area contributed by atoms with Crippen LogP contribution in [0.5, 0.6) is 0 Å². The molecule has 0 radical (unpaired) electrons. The highest BCUT2D eigenvalue weighted by atomic mass is 16.4. The maximum atomic E-state index is 12.0. The van der Waals surface area contributed by atoms with Crippen molar-refractivity contribution < 1.29 is 19.1 Å². The van der Waals surface area contributed by atoms with Crippen molar-refractivity contribution in [3.63, 3.8) is 0 Å². The van der Waals surface area contributed by atoms with E-state index in [9.17, 15) is 14.7 Å². The van der Waals surface area contributed by atoms with Crippen LogP contribution in [0.2, 0.25) is 0 Å². The van der Waals surface area contributed by atoms with Crippen LogP contribution in [-0.4, -0.2) is 23.0 Å². The standard InChI is InChI=1S/C15H21NO4/c17-14(7-6-11-8-9-20-10-11)16-13-5-3-1-2-4-12(13)15(18)19/h8-10,12-13H,1-7H2,(H,16,17)(H,18,19)/t12-,13+/m1/s1. The molecule has 1 amide bonds. The van der Waals surface area contributed by atoms with E-state index in [0.29, 0.717) is 19.3 Å². The third-order valence-electron chi connectivity index (χ3n) is 3.90. The maximum Gasteiger partial charge on any atom is 0.308 e. The molecule has 0 unspecified atom stereocenters. The number of carboxylic acid groups (broad SMARTS) is 1. The predicted molar refractivity (Wildman–Crippen MR) is 73.2 cm³/mol. The Morgan fingerprint density at radius 3 is 2.80 bits per heavy atom. The fraction of sp³-hybridized carbons (Fsp3) is 0.600. The highest BCUT2D eigenvalue weighted by Gasteiger charge is 2.30. The number of carbonyl (C=O) groups excluding carboxylic acids is 1. The zero-order valence-corrected chi connectivity index (χ0v) is 11.5. The van der Waals surface area contributed by atoms with Crippen molar-refractivity contribution in [1.29, 1.82) is 0 Å². The zero-order valence-electron chi connectivity index (χ0n) is 11.5. The Labute approximate surface area is 118 Å². The van der Waals surface area contributed by atoms with E-state index >= 15 is 0 Å².